The second-order valence-corrected chi connectivity index (χ2v) is 6.09. The van der Waals surface area contributed by atoms with Crippen LogP contribution in [-0.4, -0.2) is 16.3 Å². The Labute approximate surface area is 136 Å². The van der Waals surface area contributed by atoms with Crippen molar-refractivity contribution in [1.29, 1.82) is 0 Å². The highest BCUT2D eigenvalue weighted by atomic mass is 35.5. The van der Waals surface area contributed by atoms with Crippen LogP contribution in [0.3, 0.4) is 0 Å². The molecule has 1 N–H and O–H groups in total. The predicted octanol–water partition coefficient (Wildman–Crippen LogP) is 4.24. The maximum Gasteiger partial charge on any atom is 0.130 e. The number of benzene rings is 1. The molecule has 3 nitrogen and oxygen atoms in total. The van der Waals surface area contributed by atoms with Crippen molar-refractivity contribution in [3.8, 4) is 0 Å². The van der Waals surface area contributed by atoms with Gasteiger partial charge in [0.2, 0.25) is 0 Å². The fourth-order valence-corrected chi connectivity index (χ4v) is 3.07. The highest BCUT2D eigenvalue weighted by Gasteiger charge is 2.19. The molecule has 0 saturated carbocycles. The van der Waals surface area contributed by atoms with E-state index in [-0.39, 0.29) is 6.04 Å². The van der Waals surface area contributed by atoms with E-state index in [0.29, 0.717) is 5.15 Å². The summed E-state index contributed by atoms with van der Waals surface area (Å²) in [6, 6.07) is 6.18. The molecule has 0 aliphatic rings. The molecule has 21 heavy (non-hydrogen) atoms. The zero-order chi connectivity index (χ0) is 15.6. The highest BCUT2D eigenvalue weighted by Crippen LogP contribution is 2.28. The molecule has 0 aliphatic heterocycles. The van der Waals surface area contributed by atoms with Crippen LogP contribution in [-0.2, 0) is 13.5 Å². The quantitative estimate of drug-likeness (QED) is 0.891. The van der Waals surface area contributed by atoms with Crippen molar-refractivity contribution in [3.05, 3.63) is 50.8 Å². The van der Waals surface area contributed by atoms with Gasteiger partial charge in [-0.25, -0.2) is 0 Å². The van der Waals surface area contributed by atoms with Crippen molar-refractivity contribution in [3.63, 3.8) is 0 Å². The minimum atomic E-state index is 0.175. The molecule has 0 bridgehead atoms. The number of nitrogens with zero attached hydrogens (tertiary/aromatic N) is 2. The molecule has 0 saturated heterocycles. The van der Waals surface area contributed by atoms with Crippen LogP contribution in [0.25, 0.3) is 0 Å². The number of hydrogen-bond donors (Lipinski definition) is 1. The molecular formula is C16H21Cl2N3. The summed E-state index contributed by atoms with van der Waals surface area (Å²) >= 11 is 12.5. The van der Waals surface area contributed by atoms with Gasteiger partial charge in [-0.2, -0.15) is 5.10 Å². The minimum absolute atomic E-state index is 0.175. The van der Waals surface area contributed by atoms with Crippen molar-refractivity contribution in [2.75, 3.05) is 6.54 Å². The first-order chi connectivity index (χ1) is 9.93. The van der Waals surface area contributed by atoms with E-state index < -0.39 is 0 Å². The largest absolute Gasteiger partial charge is 0.310 e. The van der Waals surface area contributed by atoms with Crippen LogP contribution in [0.1, 0.15) is 35.3 Å². The summed E-state index contributed by atoms with van der Waals surface area (Å²) in [5.41, 5.74) is 4.50. The first kappa shape index (κ1) is 16.3. The molecule has 1 heterocycles. The second-order valence-electron chi connectivity index (χ2n) is 5.29. The van der Waals surface area contributed by atoms with Gasteiger partial charge in [-0.15, -0.1) is 0 Å². The molecule has 0 fully saturated rings. The van der Waals surface area contributed by atoms with Crippen molar-refractivity contribution in [2.24, 2.45) is 7.05 Å². The Hall–Kier alpha value is -1.03. The third-order valence-corrected chi connectivity index (χ3v) is 4.45. The lowest BCUT2D eigenvalue weighted by molar-refractivity contribution is 0.546. The zero-order valence-electron chi connectivity index (χ0n) is 12.9. The number of halogens is 2. The van der Waals surface area contributed by atoms with Crippen LogP contribution >= 0.6 is 23.2 Å². The van der Waals surface area contributed by atoms with Crippen LogP contribution in [0.15, 0.2) is 18.2 Å². The summed E-state index contributed by atoms with van der Waals surface area (Å²) < 4.78 is 1.72. The second kappa shape index (κ2) is 6.82. The van der Waals surface area contributed by atoms with E-state index >= 15 is 0 Å². The number of likely N-dealkylation sites (N-methyl/N-ethyl adjacent to an activating group) is 1. The molecular weight excluding hydrogens is 305 g/mol. The molecule has 2 aromatic rings. The lowest BCUT2D eigenvalue weighted by Crippen LogP contribution is -2.24. The summed E-state index contributed by atoms with van der Waals surface area (Å²) in [4.78, 5) is 0. The van der Waals surface area contributed by atoms with Crippen molar-refractivity contribution in [1.82, 2.24) is 15.1 Å². The van der Waals surface area contributed by atoms with Crippen LogP contribution in [0.5, 0.6) is 0 Å². The maximum atomic E-state index is 6.36. The molecule has 2 rings (SSSR count). The number of rotatable bonds is 5. The van der Waals surface area contributed by atoms with Gasteiger partial charge < -0.3 is 5.32 Å². The van der Waals surface area contributed by atoms with Crippen molar-refractivity contribution in [2.45, 2.75) is 33.2 Å². The Kier molecular flexibility index (Phi) is 5.31. The van der Waals surface area contributed by atoms with Crippen LogP contribution in [0.4, 0.5) is 0 Å². The van der Waals surface area contributed by atoms with E-state index in [1.165, 1.54) is 11.1 Å². The number of aromatic nitrogens is 2. The van der Waals surface area contributed by atoms with E-state index in [1.807, 2.05) is 26.1 Å². The van der Waals surface area contributed by atoms with E-state index in [4.69, 9.17) is 23.2 Å². The Morgan fingerprint density at radius 1 is 1.29 bits per heavy atom. The molecule has 114 valence electrons. The average Bonchev–Trinajstić information content (AvgIpc) is 2.67. The molecule has 0 aliphatic carbocycles. The van der Waals surface area contributed by atoms with Gasteiger partial charge in [0.05, 0.1) is 5.69 Å². The molecule has 0 amide bonds. The zero-order valence-corrected chi connectivity index (χ0v) is 14.4. The van der Waals surface area contributed by atoms with Gasteiger partial charge in [-0.1, -0.05) is 36.2 Å². The molecule has 5 heteroatoms. The number of nitrogens with one attached hydrogen (secondary N) is 1. The van der Waals surface area contributed by atoms with Crippen LogP contribution in [0.2, 0.25) is 10.2 Å². The van der Waals surface area contributed by atoms with Crippen LogP contribution < -0.4 is 5.32 Å². The molecule has 1 unspecified atom stereocenters. The fraction of sp³-hybridized carbons (Fsp3) is 0.438. The Bertz CT molecular complexity index is 635. The third kappa shape index (κ3) is 3.60. The smallest absolute Gasteiger partial charge is 0.130 e. The first-order valence-corrected chi connectivity index (χ1v) is 7.87. The van der Waals surface area contributed by atoms with Crippen molar-refractivity contribution < 1.29 is 0 Å². The van der Waals surface area contributed by atoms with Crippen LogP contribution in [0, 0.1) is 13.8 Å². The van der Waals surface area contributed by atoms with E-state index in [0.717, 1.165) is 29.2 Å². The molecule has 1 atom stereocenters. The molecule has 0 radical (unpaired) electrons. The molecule has 0 spiro atoms. The van der Waals surface area contributed by atoms with Gasteiger partial charge >= 0.3 is 0 Å². The monoisotopic (exact) mass is 325 g/mol. The average molecular weight is 326 g/mol. The van der Waals surface area contributed by atoms with E-state index in [2.05, 4.69) is 30.3 Å². The van der Waals surface area contributed by atoms with Gasteiger partial charge in [-0.05, 0) is 50.1 Å². The van der Waals surface area contributed by atoms with E-state index in [9.17, 15) is 0 Å². The van der Waals surface area contributed by atoms with E-state index in [1.54, 1.807) is 4.68 Å². The third-order valence-electron chi connectivity index (χ3n) is 3.75. The Balaban J connectivity index is 2.37. The minimum Gasteiger partial charge on any atom is -0.310 e. The summed E-state index contributed by atoms with van der Waals surface area (Å²) in [5.74, 6) is 0. The SMILES string of the molecule is CCNC(Cc1c(C)nn(C)c1Cl)c1cc(Cl)ccc1C. The maximum absolute atomic E-state index is 6.36. The molecule has 1 aromatic heterocycles. The standard InChI is InChI=1S/C16H21Cl2N3/c1-5-19-15(13-8-12(17)7-6-10(13)2)9-14-11(3)20-21(4)16(14)18/h6-8,15,19H,5,9H2,1-4H3. The highest BCUT2D eigenvalue weighted by molar-refractivity contribution is 6.30. The lowest BCUT2D eigenvalue weighted by atomic mass is 9.95. The summed E-state index contributed by atoms with van der Waals surface area (Å²) in [6.07, 6.45) is 0.799. The summed E-state index contributed by atoms with van der Waals surface area (Å²) in [5, 5.41) is 9.37. The molecule has 1 aromatic carbocycles. The van der Waals surface area contributed by atoms with Gasteiger partial charge in [0, 0.05) is 23.7 Å². The Morgan fingerprint density at radius 3 is 2.57 bits per heavy atom. The predicted molar refractivity (Wildman–Crippen MR) is 89.3 cm³/mol. The lowest BCUT2D eigenvalue weighted by Gasteiger charge is -2.21. The van der Waals surface area contributed by atoms with Crippen molar-refractivity contribution >= 4 is 23.2 Å². The van der Waals surface area contributed by atoms with Gasteiger partial charge in [0.1, 0.15) is 5.15 Å². The summed E-state index contributed by atoms with van der Waals surface area (Å²) in [6.45, 7) is 7.08. The topological polar surface area (TPSA) is 29.9 Å². The normalized spacial score (nSPS) is 12.7. The Morgan fingerprint density at radius 2 is 2.00 bits per heavy atom. The number of aryl methyl sites for hydroxylation is 3. The van der Waals surface area contributed by atoms with Gasteiger partial charge in [0.15, 0.2) is 0 Å². The summed E-state index contributed by atoms with van der Waals surface area (Å²) in [7, 11) is 1.87. The van der Waals surface area contributed by atoms with Gasteiger partial charge in [0.25, 0.3) is 0 Å². The number of hydrogen-bond acceptors (Lipinski definition) is 2. The fourth-order valence-electron chi connectivity index (χ4n) is 2.64. The first-order valence-electron chi connectivity index (χ1n) is 7.11. The van der Waals surface area contributed by atoms with Gasteiger partial charge in [-0.3, -0.25) is 4.68 Å².